The van der Waals surface area contributed by atoms with Crippen molar-refractivity contribution in [2.24, 2.45) is 10.1 Å². The summed E-state index contributed by atoms with van der Waals surface area (Å²) in [5.41, 5.74) is 3.80. The van der Waals surface area contributed by atoms with Crippen LogP contribution in [0.5, 0.6) is 5.75 Å². The number of aliphatic imine (C=N–C) groups is 1. The molecule has 0 unspecified atom stereocenters. The zero-order valence-electron chi connectivity index (χ0n) is 10.6. The molecule has 0 saturated carbocycles. The van der Waals surface area contributed by atoms with Crippen molar-refractivity contribution >= 4 is 23.1 Å². The largest absolute Gasteiger partial charge is 0.496 e. The first-order chi connectivity index (χ1) is 8.81. The van der Waals surface area contributed by atoms with Gasteiger partial charge in [-0.05, 0) is 18.4 Å². The molecule has 4 nitrogen and oxygen atoms in total. The van der Waals surface area contributed by atoms with Crippen molar-refractivity contribution in [1.29, 1.82) is 0 Å². The van der Waals surface area contributed by atoms with Crippen LogP contribution in [0.3, 0.4) is 0 Å². The van der Waals surface area contributed by atoms with E-state index in [1.54, 1.807) is 19.4 Å². The normalized spacial score (nSPS) is 11.6. The highest BCUT2D eigenvalue weighted by Gasteiger charge is 1.97. The van der Waals surface area contributed by atoms with Gasteiger partial charge in [-0.1, -0.05) is 30.0 Å². The number of thioether (sulfide) groups is 1. The lowest BCUT2D eigenvalue weighted by atomic mass is 10.2. The minimum atomic E-state index is 0.577. The van der Waals surface area contributed by atoms with Gasteiger partial charge in [-0.3, -0.25) is 10.4 Å². The fraction of sp³-hybridized carbons (Fsp3) is 0.231. The number of benzene rings is 1. The Kier molecular flexibility index (Phi) is 6.64. The number of methoxy groups -OCH3 is 1. The van der Waals surface area contributed by atoms with E-state index in [4.69, 9.17) is 4.74 Å². The summed E-state index contributed by atoms with van der Waals surface area (Å²) in [5.74, 6) is 0.789. The molecule has 0 bridgehead atoms. The molecule has 18 heavy (non-hydrogen) atoms. The third-order valence-corrected chi connectivity index (χ3v) is 2.67. The lowest BCUT2D eigenvalue weighted by Crippen LogP contribution is -2.14. The second-order valence-electron chi connectivity index (χ2n) is 3.25. The van der Waals surface area contributed by atoms with Gasteiger partial charge in [-0.25, -0.2) is 0 Å². The van der Waals surface area contributed by atoms with Crippen molar-refractivity contribution in [2.45, 2.75) is 0 Å². The lowest BCUT2D eigenvalue weighted by Gasteiger charge is -2.04. The molecule has 1 rings (SSSR count). The summed E-state index contributed by atoms with van der Waals surface area (Å²) in [6.07, 6.45) is 5.38. The number of rotatable bonds is 5. The first kappa shape index (κ1) is 14.3. The van der Waals surface area contributed by atoms with Gasteiger partial charge in [-0.15, -0.1) is 6.58 Å². The highest BCUT2D eigenvalue weighted by Crippen LogP contribution is 2.14. The van der Waals surface area contributed by atoms with Gasteiger partial charge in [0.15, 0.2) is 5.17 Å². The molecule has 1 aromatic rings. The van der Waals surface area contributed by atoms with E-state index in [0.29, 0.717) is 6.54 Å². The molecule has 0 amide bonds. The molecular formula is C13H17N3OS. The van der Waals surface area contributed by atoms with E-state index >= 15 is 0 Å². The van der Waals surface area contributed by atoms with Crippen molar-refractivity contribution in [3.05, 3.63) is 42.5 Å². The zero-order valence-corrected chi connectivity index (χ0v) is 11.4. The number of hydrogen-bond acceptors (Lipinski definition) is 4. The van der Waals surface area contributed by atoms with Gasteiger partial charge in [-0.2, -0.15) is 5.10 Å². The Morgan fingerprint density at radius 2 is 2.28 bits per heavy atom. The Bertz CT molecular complexity index is 444. The summed E-state index contributed by atoms with van der Waals surface area (Å²) >= 11 is 1.50. The van der Waals surface area contributed by atoms with Crippen LogP contribution in [0.25, 0.3) is 0 Å². The van der Waals surface area contributed by atoms with E-state index in [0.717, 1.165) is 16.5 Å². The predicted molar refractivity (Wildman–Crippen MR) is 79.7 cm³/mol. The molecule has 96 valence electrons. The third kappa shape index (κ3) is 4.63. The van der Waals surface area contributed by atoms with Crippen LogP contribution in [0.4, 0.5) is 0 Å². The van der Waals surface area contributed by atoms with E-state index in [2.05, 4.69) is 22.1 Å². The van der Waals surface area contributed by atoms with E-state index in [9.17, 15) is 0 Å². The van der Waals surface area contributed by atoms with E-state index < -0.39 is 0 Å². The maximum absolute atomic E-state index is 5.23. The standard InChI is InChI=1S/C13H17N3OS/c1-4-9-14-13(18-3)16-15-10-11-7-5-6-8-12(11)17-2/h4-8,10H,1,9H2,2-3H3,(H,14,16). The van der Waals surface area contributed by atoms with E-state index in [1.165, 1.54) is 11.8 Å². The van der Waals surface area contributed by atoms with Crippen LogP contribution in [0.15, 0.2) is 47.0 Å². The Morgan fingerprint density at radius 3 is 2.94 bits per heavy atom. The topological polar surface area (TPSA) is 46.0 Å². The van der Waals surface area contributed by atoms with Crippen molar-refractivity contribution in [3.63, 3.8) is 0 Å². The molecule has 1 aromatic carbocycles. The number of hydrazone groups is 1. The maximum Gasteiger partial charge on any atom is 0.177 e. The molecule has 0 heterocycles. The molecule has 0 radical (unpaired) electrons. The second-order valence-corrected chi connectivity index (χ2v) is 4.05. The molecule has 0 aromatic heterocycles. The fourth-order valence-electron chi connectivity index (χ4n) is 1.22. The average Bonchev–Trinajstić information content (AvgIpc) is 2.43. The van der Waals surface area contributed by atoms with E-state index in [1.807, 2.05) is 30.5 Å². The third-order valence-electron chi connectivity index (χ3n) is 2.06. The maximum atomic E-state index is 5.23. The van der Waals surface area contributed by atoms with Gasteiger partial charge in [0, 0.05) is 5.56 Å². The summed E-state index contributed by atoms with van der Waals surface area (Å²) < 4.78 is 5.23. The monoisotopic (exact) mass is 263 g/mol. The molecular weight excluding hydrogens is 246 g/mol. The van der Waals surface area contributed by atoms with Crippen LogP contribution in [-0.4, -0.2) is 31.3 Å². The van der Waals surface area contributed by atoms with Crippen molar-refractivity contribution in [3.8, 4) is 5.75 Å². The molecule has 1 N–H and O–H groups in total. The number of nitrogens with one attached hydrogen (secondary N) is 1. The van der Waals surface area contributed by atoms with Gasteiger partial charge in [0.25, 0.3) is 0 Å². The summed E-state index contributed by atoms with van der Waals surface area (Å²) in [6.45, 7) is 4.20. The Labute approximate surface area is 112 Å². The smallest absolute Gasteiger partial charge is 0.177 e. The van der Waals surface area contributed by atoms with Gasteiger partial charge >= 0.3 is 0 Å². The quantitative estimate of drug-likeness (QED) is 0.384. The fourth-order valence-corrected chi connectivity index (χ4v) is 1.57. The van der Waals surface area contributed by atoms with Crippen molar-refractivity contribution in [1.82, 2.24) is 5.43 Å². The summed E-state index contributed by atoms with van der Waals surface area (Å²) in [6, 6.07) is 7.68. The van der Waals surface area contributed by atoms with Crippen molar-refractivity contribution < 1.29 is 4.74 Å². The Balaban J connectivity index is 2.66. The Morgan fingerprint density at radius 1 is 1.50 bits per heavy atom. The van der Waals surface area contributed by atoms with Gasteiger partial charge in [0.1, 0.15) is 5.75 Å². The molecule has 0 aliphatic heterocycles. The first-order valence-electron chi connectivity index (χ1n) is 5.43. The van der Waals surface area contributed by atoms with Crippen LogP contribution < -0.4 is 10.2 Å². The van der Waals surface area contributed by atoms with Crippen LogP contribution in [0, 0.1) is 0 Å². The zero-order chi connectivity index (χ0) is 13.2. The summed E-state index contributed by atoms with van der Waals surface area (Å²) in [5, 5.41) is 4.88. The van der Waals surface area contributed by atoms with Crippen LogP contribution in [0.2, 0.25) is 0 Å². The lowest BCUT2D eigenvalue weighted by molar-refractivity contribution is 0.414. The molecule has 0 aliphatic carbocycles. The number of para-hydroxylation sites is 1. The first-order valence-corrected chi connectivity index (χ1v) is 6.65. The van der Waals surface area contributed by atoms with Crippen LogP contribution in [0.1, 0.15) is 5.56 Å². The van der Waals surface area contributed by atoms with Gasteiger partial charge in [0.2, 0.25) is 0 Å². The Hall–Kier alpha value is -1.75. The van der Waals surface area contributed by atoms with Crippen molar-refractivity contribution in [2.75, 3.05) is 19.9 Å². The summed E-state index contributed by atoms with van der Waals surface area (Å²) in [4.78, 5) is 4.24. The molecule has 5 heteroatoms. The summed E-state index contributed by atoms with van der Waals surface area (Å²) in [7, 11) is 1.64. The minimum absolute atomic E-state index is 0.577. The minimum Gasteiger partial charge on any atom is -0.496 e. The molecule has 0 atom stereocenters. The molecule has 0 saturated heterocycles. The van der Waals surface area contributed by atoms with Crippen LogP contribution in [-0.2, 0) is 0 Å². The van der Waals surface area contributed by atoms with Crippen LogP contribution >= 0.6 is 11.8 Å². The highest BCUT2D eigenvalue weighted by molar-refractivity contribution is 8.13. The second kappa shape index (κ2) is 8.36. The molecule has 0 fully saturated rings. The van der Waals surface area contributed by atoms with E-state index in [-0.39, 0.29) is 0 Å². The van der Waals surface area contributed by atoms with Gasteiger partial charge in [0.05, 0.1) is 19.9 Å². The number of amidine groups is 1. The molecule has 0 spiro atoms. The number of hydrogen-bond donors (Lipinski definition) is 1. The average molecular weight is 263 g/mol. The number of ether oxygens (including phenoxy) is 1. The predicted octanol–water partition coefficient (Wildman–Crippen LogP) is 2.52. The SMILES string of the molecule is C=CCN=C(NN=Cc1ccccc1OC)SC. The van der Waals surface area contributed by atoms with Gasteiger partial charge < -0.3 is 4.74 Å². The highest BCUT2D eigenvalue weighted by atomic mass is 32.2. The number of nitrogens with zero attached hydrogens (tertiary/aromatic N) is 2. The molecule has 0 aliphatic rings.